The zero-order valence-electron chi connectivity index (χ0n) is 15.2. The Morgan fingerprint density at radius 3 is 2.70 bits per heavy atom. The predicted octanol–water partition coefficient (Wildman–Crippen LogP) is 2.82. The third-order valence-electron chi connectivity index (χ3n) is 4.54. The second-order valence-corrected chi connectivity index (χ2v) is 6.95. The summed E-state index contributed by atoms with van der Waals surface area (Å²) in [5.41, 5.74) is 0.304. The van der Waals surface area contributed by atoms with Gasteiger partial charge in [-0.1, -0.05) is 31.2 Å². The average Bonchev–Trinajstić information content (AvgIpc) is 2.90. The monoisotopic (exact) mass is 366 g/mol. The molecule has 1 fully saturated rings. The molecular weight excluding hydrogens is 344 g/mol. The summed E-state index contributed by atoms with van der Waals surface area (Å²) in [5.74, 6) is 0.603. The van der Waals surface area contributed by atoms with Crippen molar-refractivity contribution in [3.05, 3.63) is 59.7 Å². The third kappa shape index (κ3) is 4.27. The highest BCUT2D eigenvalue weighted by Gasteiger charge is 2.33. The number of nitriles is 1. The number of para-hydroxylation sites is 2. The van der Waals surface area contributed by atoms with Crippen LogP contribution in [0.15, 0.2) is 48.5 Å². The van der Waals surface area contributed by atoms with Crippen LogP contribution in [0.2, 0.25) is 0 Å². The van der Waals surface area contributed by atoms with E-state index in [2.05, 4.69) is 6.07 Å². The first kappa shape index (κ1) is 18.9. The topological polar surface area (TPSA) is 82.8 Å². The Balaban J connectivity index is 1.89. The molecule has 6 heteroatoms. The van der Waals surface area contributed by atoms with E-state index < -0.39 is 5.41 Å². The molecule has 6 nitrogen and oxygen atoms in total. The Bertz CT molecular complexity index is 861. The molecule has 1 amide bonds. The molecule has 3 rings (SSSR count). The summed E-state index contributed by atoms with van der Waals surface area (Å²) in [6.07, 6.45) is 0. The van der Waals surface area contributed by atoms with E-state index in [0.29, 0.717) is 48.9 Å². The molecule has 1 heterocycles. The smallest absolute Gasteiger partial charge is 0.257 e. The van der Waals surface area contributed by atoms with Gasteiger partial charge in [-0.25, -0.2) is 0 Å². The molecule has 1 aliphatic rings. The Morgan fingerprint density at radius 2 is 1.96 bits per heavy atom. The molecule has 1 unspecified atom stereocenters. The van der Waals surface area contributed by atoms with Crippen molar-refractivity contribution >= 4 is 5.91 Å². The van der Waals surface area contributed by atoms with Gasteiger partial charge >= 0.3 is 0 Å². The number of amides is 1. The lowest BCUT2D eigenvalue weighted by Gasteiger charge is -2.30. The highest BCUT2D eigenvalue weighted by atomic mass is 16.5. The summed E-state index contributed by atoms with van der Waals surface area (Å²) in [6.45, 7) is 3.49. The SMILES string of the molecule is CC1(CO)COCCN(C(=O)c2ccccc2Oc2ccccc2C#N)C1. The van der Waals surface area contributed by atoms with Gasteiger partial charge in [-0.15, -0.1) is 0 Å². The van der Waals surface area contributed by atoms with Gasteiger partial charge in [0, 0.05) is 18.5 Å². The van der Waals surface area contributed by atoms with Crippen molar-refractivity contribution < 1.29 is 19.4 Å². The number of carbonyl (C=O) groups is 1. The Kier molecular flexibility index (Phi) is 5.75. The molecule has 27 heavy (non-hydrogen) atoms. The van der Waals surface area contributed by atoms with Crippen molar-refractivity contribution in [3.8, 4) is 17.6 Å². The number of nitrogens with zero attached hydrogens (tertiary/aromatic N) is 2. The van der Waals surface area contributed by atoms with Crippen molar-refractivity contribution in [2.24, 2.45) is 5.41 Å². The minimum absolute atomic E-state index is 0.0650. The Labute approximate surface area is 158 Å². The number of hydrogen-bond acceptors (Lipinski definition) is 5. The Hall–Kier alpha value is -2.88. The van der Waals surface area contributed by atoms with Gasteiger partial charge in [-0.2, -0.15) is 5.26 Å². The number of benzene rings is 2. The predicted molar refractivity (Wildman–Crippen MR) is 99.6 cm³/mol. The molecule has 0 aromatic heterocycles. The average molecular weight is 366 g/mol. The largest absolute Gasteiger partial charge is 0.455 e. The molecule has 0 radical (unpaired) electrons. The Morgan fingerprint density at radius 1 is 1.26 bits per heavy atom. The number of aliphatic hydroxyl groups excluding tert-OH is 1. The summed E-state index contributed by atoms with van der Waals surface area (Å²) < 4.78 is 11.5. The minimum Gasteiger partial charge on any atom is -0.455 e. The van der Waals surface area contributed by atoms with Crippen LogP contribution in [0.4, 0.5) is 0 Å². The molecule has 2 aromatic carbocycles. The summed E-state index contributed by atoms with van der Waals surface area (Å²) in [6, 6.07) is 16.0. The molecule has 1 atom stereocenters. The lowest BCUT2D eigenvalue weighted by Crippen LogP contribution is -2.42. The molecule has 0 bridgehead atoms. The molecule has 1 N–H and O–H groups in total. The number of carbonyl (C=O) groups excluding carboxylic acids is 1. The van der Waals surface area contributed by atoms with Crippen LogP contribution >= 0.6 is 0 Å². The molecule has 2 aromatic rings. The van der Waals surface area contributed by atoms with E-state index >= 15 is 0 Å². The summed E-state index contributed by atoms with van der Waals surface area (Å²) in [7, 11) is 0. The van der Waals surface area contributed by atoms with Gasteiger partial charge in [0.25, 0.3) is 5.91 Å². The van der Waals surface area contributed by atoms with Crippen LogP contribution in [0, 0.1) is 16.7 Å². The van der Waals surface area contributed by atoms with Crippen molar-refractivity contribution in [3.63, 3.8) is 0 Å². The molecule has 1 aliphatic heterocycles. The fourth-order valence-electron chi connectivity index (χ4n) is 3.02. The van der Waals surface area contributed by atoms with Crippen LogP contribution < -0.4 is 4.74 Å². The van der Waals surface area contributed by atoms with E-state index in [0.717, 1.165) is 0 Å². The van der Waals surface area contributed by atoms with Gasteiger partial charge in [0.2, 0.25) is 0 Å². The minimum atomic E-state index is -0.505. The highest BCUT2D eigenvalue weighted by Crippen LogP contribution is 2.30. The van der Waals surface area contributed by atoms with Gasteiger partial charge < -0.3 is 19.5 Å². The number of ether oxygens (including phenoxy) is 2. The number of hydrogen-bond donors (Lipinski definition) is 1. The number of rotatable bonds is 4. The van der Waals surface area contributed by atoms with Gasteiger partial charge in [0.1, 0.15) is 17.6 Å². The van der Waals surface area contributed by atoms with Crippen LogP contribution in [0.25, 0.3) is 0 Å². The van der Waals surface area contributed by atoms with E-state index in [1.807, 2.05) is 6.92 Å². The van der Waals surface area contributed by atoms with Gasteiger partial charge in [0.15, 0.2) is 0 Å². The van der Waals surface area contributed by atoms with E-state index in [-0.39, 0.29) is 12.5 Å². The van der Waals surface area contributed by atoms with Crippen LogP contribution in [-0.2, 0) is 4.74 Å². The summed E-state index contributed by atoms with van der Waals surface area (Å²) in [5, 5.41) is 18.9. The highest BCUT2D eigenvalue weighted by molar-refractivity contribution is 5.97. The molecular formula is C21H22N2O4. The number of aliphatic hydroxyl groups is 1. The van der Waals surface area contributed by atoms with Gasteiger partial charge in [-0.3, -0.25) is 4.79 Å². The summed E-state index contributed by atoms with van der Waals surface area (Å²) >= 11 is 0. The maximum absolute atomic E-state index is 13.2. The van der Waals surface area contributed by atoms with Crippen LogP contribution in [0.1, 0.15) is 22.8 Å². The van der Waals surface area contributed by atoms with Crippen molar-refractivity contribution in [2.75, 3.05) is 32.9 Å². The van der Waals surface area contributed by atoms with Crippen LogP contribution in [-0.4, -0.2) is 48.8 Å². The molecule has 0 spiro atoms. The first-order valence-electron chi connectivity index (χ1n) is 8.80. The quantitative estimate of drug-likeness (QED) is 0.900. The van der Waals surface area contributed by atoms with Gasteiger partial charge in [-0.05, 0) is 24.3 Å². The molecule has 1 saturated heterocycles. The normalized spacial score (nSPS) is 19.8. The fourth-order valence-corrected chi connectivity index (χ4v) is 3.02. The maximum atomic E-state index is 13.2. The van der Waals surface area contributed by atoms with E-state index in [1.54, 1.807) is 53.4 Å². The second-order valence-electron chi connectivity index (χ2n) is 6.95. The van der Waals surface area contributed by atoms with Crippen molar-refractivity contribution in [1.82, 2.24) is 4.90 Å². The second kappa shape index (κ2) is 8.21. The van der Waals surface area contributed by atoms with E-state index in [9.17, 15) is 15.2 Å². The van der Waals surface area contributed by atoms with Crippen LogP contribution in [0.3, 0.4) is 0 Å². The zero-order valence-corrected chi connectivity index (χ0v) is 15.2. The van der Waals surface area contributed by atoms with Crippen molar-refractivity contribution in [1.29, 1.82) is 5.26 Å². The first-order chi connectivity index (χ1) is 13.1. The molecule has 140 valence electrons. The van der Waals surface area contributed by atoms with Crippen LogP contribution in [0.5, 0.6) is 11.5 Å². The van der Waals surface area contributed by atoms with E-state index in [1.165, 1.54) is 0 Å². The zero-order chi connectivity index (χ0) is 19.3. The molecule has 0 aliphatic carbocycles. The van der Waals surface area contributed by atoms with Crippen molar-refractivity contribution in [2.45, 2.75) is 6.92 Å². The summed E-state index contributed by atoms with van der Waals surface area (Å²) in [4.78, 5) is 14.8. The fraction of sp³-hybridized carbons (Fsp3) is 0.333. The van der Waals surface area contributed by atoms with E-state index in [4.69, 9.17) is 9.47 Å². The maximum Gasteiger partial charge on any atom is 0.257 e. The lowest BCUT2D eigenvalue weighted by atomic mass is 9.92. The first-order valence-corrected chi connectivity index (χ1v) is 8.80. The third-order valence-corrected chi connectivity index (χ3v) is 4.54. The molecule has 0 saturated carbocycles. The van der Waals surface area contributed by atoms with Gasteiger partial charge in [0.05, 0.1) is 30.9 Å². The lowest BCUT2D eigenvalue weighted by molar-refractivity contribution is 0.0340. The standard InChI is InChI=1S/C21H22N2O4/c1-21(14-24)13-23(10-11-26-15-21)20(25)17-7-3-5-9-19(17)27-18-8-4-2-6-16(18)12-22/h2-9,24H,10-11,13-15H2,1H3.